The molecule has 2 aromatic carbocycles. The zero-order chi connectivity index (χ0) is 19.8. The van der Waals surface area contributed by atoms with E-state index in [4.69, 9.17) is 32.4 Å². The van der Waals surface area contributed by atoms with Crippen molar-refractivity contribution in [3.05, 3.63) is 81.2 Å². The second kappa shape index (κ2) is 7.19. The lowest BCUT2D eigenvalue weighted by molar-refractivity contribution is 0.0600. The predicted molar refractivity (Wildman–Crippen MR) is 105 cm³/mol. The van der Waals surface area contributed by atoms with Crippen LogP contribution in [0.1, 0.15) is 26.5 Å². The quantitative estimate of drug-likeness (QED) is 0.408. The van der Waals surface area contributed by atoms with Crippen molar-refractivity contribution in [1.82, 2.24) is 0 Å². The fourth-order valence-corrected chi connectivity index (χ4v) is 3.21. The van der Waals surface area contributed by atoms with Crippen molar-refractivity contribution in [3.63, 3.8) is 0 Å². The van der Waals surface area contributed by atoms with Gasteiger partial charge in [-0.1, -0.05) is 23.2 Å². The van der Waals surface area contributed by atoms with Gasteiger partial charge in [0.05, 0.1) is 23.3 Å². The lowest BCUT2D eigenvalue weighted by Gasteiger charge is -2.01. The first-order valence-electron chi connectivity index (χ1n) is 8.18. The van der Waals surface area contributed by atoms with E-state index in [1.54, 1.807) is 36.4 Å². The van der Waals surface area contributed by atoms with Gasteiger partial charge in [-0.3, -0.25) is 4.79 Å². The van der Waals surface area contributed by atoms with Crippen LogP contribution in [0.5, 0.6) is 5.75 Å². The Kier molecular flexibility index (Phi) is 4.71. The molecule has 7 heteroatoms. The normalized spacial score (nSPS) is 14.1. The highest BCUT2D eigenvalue weighted by Gasteiger charge is 2.29. The van der Waals surface area contributed by atoms with Gasteiger partial charge in [-0.05, 0) is 48.5 Å². The summed E-state index contributed by atoms with van der Waals surface area (Å²) >= 11 is 12.2. The Morgan fingerprint density at radius 3 is 2.64 bits per heavy atom. The number of halogens is 2. The van der Waals surface area contributed by atoms with Gasteiger partial charge in [0, 0.05) is 16.7 Å². The Hall–Kier alpha value is -3.02. The predicted octanol–water partition coefficient (Wildman–Crippen LogP) is 5.66. The molecule has 0 fully saturated rings. The van der Waals surface area contributed by atoms with Crippen molar-refractivity contribution in [1.29, 1.82) is 0 Å². The second-order valence-electron chi connectivity index (χ2n) is 5.97. The molecule has 4 rings (SSSR count). The smallest absolute Gasteiger partial charge is 0.337 e. The fraction of sp³-hybridized carbons (Fsp3) is 0.0476. The molecule has 0 saturated heterocycles. The van der Waals surface area contributed by atoms with E-state index in [1.165, 1.54) is 25.3 Å². The zero-order valence-corrected chi connectivity index (χ0v) is 16.0. The van der Waals surface area contributed by atoms with Gasteiger partial charge in [-0.25, -0.2) is 4.79 Å². The van der Waals surface area contributed by atoms with Crippen LogP contribution in [-0.2, 0) is 4.74 Å². The van der Waals surface area contributed by atoms with Crippen molar-refractivity contribution >= 4 is 41.0 Å². The molecule has 1 aliphatic heterocycles. The maximum Gasteiger partial charge on any atom is 0.337 e. The molecule has 0 atom stereocenters. The lowest BCUT2D eigenvalue weighted by Crippen LogP contribution is -2.02. The first-order valence-corrected chi connectivity index (χ1v) is 8.94. The van der Waals surface area contributed by atoms with E-state index in [0.29, 0.717) is 38.4 Å². The Labute approximate surface area is 170 Å². The third kappa shape index (κ3) is 3.30. The van der Waals surface area contributed by atoms with E-state index in [0.717, 1.165) is 0 Å². The number of carbonyl (C=O) groups excluding carboxylic acids is 2. The summed E-state index contributed by atoms with van der Waals surface area (Å²) in [6.45, 7) is 0. The number of hydrogen-bond donors (Lipinski definition) is 0. The second-order valence-corrected chi connectivity index (χ2v) is 6.81. The minimum atomic E-state index is -0.526. The molecule has 0 N–H and O–H groups in total. The summed E-state index contributed by atoms with van der Waals surface area (Å²) in [4.78, 5) is 24.3. The van der Waals surface area contributed by atoms with Gasteiger partial charge in [0.25, 0.3) is 0 Å². The summed E-state index contributed by atoms with van der Waals surface area (Å²) in [7, 11) is 1.28. The number of rotatable bonds is 3. The molecule has 0 amide bonds. The minimum Gasteiger partial charge on any atom is -0.465 e. The maximum absolute atomic E-state index is 12.6. The van der Waals surface area contributed by atoms with Gasteiger partial charge in [0.1, 0.15) is 17.3 Å². The van der Waals surface area contributed by atoms with Crippen LogP contribution in [0.15, 0.2) is 58.7 Å². The summed E-state index contributed by atoms with van der Waals surface area (Å²) in [6, 6.07) is 13.0. The number of hydrogen-bond acceptors (Lipinski definition) is 5. The fourth-order valence-electron chi connectivity index (χ4n) is 2.82. The molecule has 28 heavy (non-hydrogen) atoms. The van der Waals surface area contributed by atoms with Gasteiger partial charge in [-0.15, -0.1) is 0 Å². The first kappa shape index (κ1) is 18.3. The van der Waals surface area contributed by atoms with Crippen molar-refractivity contribution < 1.29 is 23.5 Å². The van der Waals surface area contributed by atoms with Crippen LogP contribution in [0.2, 0.25) is 10.0 Å². The molecule has 3 aromatic rings. The summed E-state index contributed by atoms with van der Waals surface area (Å²) in [5, 5.41) is 1.02. The van der Waals surface area contributed by atoms with Crippen molar-refractivity contribution in [2.24, 2.45) is 0 Å². The molecule has 0 aliphatic carbocycles. The summed E-state index contributed by atoms with van der Waals surface area (Å²) in [5.41, 5.74) is 1.21. The SMILES string of the molecule is COC(=O)c1ccc2c(c1)C(=O)/C(=C/c1ccc(-c3cc(Cl)ccc3Cl)o1)O2. The number of furan rings is 1. The van der Waals surface area contributed by atoms with E-state index in [9.17, 15) is 9.59 Å². The molecule has 2 heterocycles. The number of allylic oxidation sites excluding steroid dienone is 1. The number of methoxy groups -OCH3 is 1. The van der Waals surface area contributed by atoms with E-state index >= 15 is 0 Å². The van der Waals surface area contributed by atoms with Crippen molar-refractivity contribution in [2.75, 3.05) is 7.11 Å². The summed E-state index contributed by atoms with van der Waals surface area (Å²) < 4.78 is 16.0. The monoisotopic (exact) mass is 414 g/mol. The molecule has 1 aromatic heterocycles. The van der Waals surface area contributed by atoms with Crippen LogP contribution in [0.4, 0.5) is 0 Å². The van der Waals surface area contributed by atoms with Crippen LogP contribution in [0, 0.1) is 0 Å². The Morgan fingerprint density at radius 2 is 1.86 bits per heavy atom. The number of carbonyl (C=O) groups is 2. The third-order valence-electron chi connectivity index (χ3n) is 4.18. The highest BCUT2D eigenvalue weighted by atomic mass is 35.5. The first-order chi connectivity index (χ1) is 13.5. The molecule has 0 saturated carbocycles. The number of fused-ring (bicyclic) bond motifs is 1. The Bertz CT molecular complexity index is 1140. The van der Waals surface area contributed by atoms with E-state index < -0.39 is 5.97 Å². The molecular weight excluding hydrogens is 403 g/mol. The number of benzene rings is 2. The van der Waals surface area contributed by atoms with E-state index in [1.807, 2.05) is 0 Å². The molecule has 140 valence electrons. The Morgan fingerprint density at radius 1 is 1.04 bits per heavy atom. The topological polar surface area (TPSA) is 65.7 Å². The largest absolute Gasteiger partial charge is 0.465 e. The van der Waals surface area contributed by atoms with Gasteiger partial charge in [-0.2, -0.15) is 0 Å². The average Bonchev–Trinajstić information content (AvgIpc) is 3.28. The molecule has 0 radical (unpaired) electrons. The highest BCUT2D eigenvalue weighted by molar-refractivity contribution is 6.35. The summed E-state index contributed by atoms with van der Waals surface area (Å²) in [6.07, 6.45) is 1.49. The van der Waals surface area contributed by atoms with Gasteiger partial charge in [0.2, 0.25) is 5.78 Å². The van der Waals surface area contributed by atoms with Gasteiger partial charge < -0.3 is 13.9 Å². The third-order valence-corrected chi connectivity index (χ3v) is 4.75. The van der Waals surface area contributed by atoms with Crippen molar-refractivity contribution in [3.8, 4) is 17.1 Å². The van der Waals surface area contributed by atoms with Crippen LogP contribution in [-0.4, -0.2) is 18.9 Å². The minimum absolute atomic E-state index is 0.0927. The molecule has 1 aliphatic rings. The molecule has 0 spiro atoms. The van der Waals surface area contributed by atoms with E-state index in [2.05, 4.69) is 4.74 Å². The van der Waals surface area contributed by atoms with Crippen molar-refractivity contribution in [2.45, 2.75) is 0 Å². The maximum atomic E-state index is 12.6. The zero-order valence-electron chi connectivity index (χ0n) is 14.5. The number of ether oxygens (including phenoxy) is 2. The standard InChI is InChI=1S/C21H12Cl2O5/c1-26-21(25)11-2-6-18-15(8-11)20(24)19(28-18)10-13-4-7-17(27-13)14-9-12(22)3-5-16(14)23/h2-10H,1H3/b19-10-. The average molecular weight is 415 g/mol. The van der Waals surface area contributed by atoms with Gasteiger partial charge in [0.15, 0.2) is 5.76 Å². The molecule has 0 unspecified atom stereocenters. The Balaban J connectivity index is 1.64. The lowest BCUT2D eigenvalue weighted by atomic mass is 10.1. The van der Waals surface area contributed by atoms with Gasteiger partial charge >= 0.3 is 5.97 Å². The van der Waals surface area contributed by atoms with Crippen LogP contribution in [0.25, 0.3) is 17.4 Å². The molecular formula is C21H12Cl2O5. The van der Waals surface area contributed by atoms with Crippen LogP contribution in [0.3, 0.4) is 0 Å². The number of ketones is 1. The van der Waals surface area contributed by atoms with E-state index in [-0.39, 0.29) is 17.1 Å². The van der Waals surface area contributed by atoms with Crippen LogP contribution < -0.4 is 4.74 Å². The number of esters is 1. The molecule has 5 nitrogen and oxygen atoms in total. The summed E-state index contributed by atoms with van der Waals surface area (Å²) in [5.74, 6) is 0.510. The highest BCUT2D eigenvalue weighted by Crippen LogP contribution is 2.35. The molecule has 0 bridgehead atoms. The van der Waals surface area contributed by atoms with Crippen LogP contribution >= 0.6 is 23.2 Å². The number of Topliss-reactive ketones (excluding diaryl/α,β-unsaturated/α-hetero) is 1.